The lowest BCUT2D eigenvalue weighted by atomic mass is 10.2. The fourth-order valence-electron chi connectivity index (χ4n) is 1.45. The van der Waals surface area contributed by atoms with Crippen molar-refractivity contribution >= 4 is 55.1 Å². The van der Waals surface area contributed by atoms with Gasteiger partial charge in [-0.05, 0) is 33.7 Å². The first-order valence-corrected chi connectivity index (χ1v) is 6.03. The molecular weight excluding hydrogens is 315 g/mol. The minimum atomic E-state index is -0.823. The van der Waals surface area contributed by atoms with Crippen LogP contribution in [0, 0.1) is 17.8 Å². The summed E-state index contributed by atoms with van der Waals surface area (Å²) in [5.41, 5.74) is 0. The molecule has 11 heavy (non-hydrogen) atoms. The van der Waals surface area contributed by atoms with Crippen molar-refractivity contribution in [3.63, 3.8) is 0 Å². The first-order valence-electron chi connectivity index (χ1n) is 3.56. The van der Waals surface area contributed by atoms with Crippen LogP contribution >= 0.6 is 55.1 Å². The van der Waals surface area contributed by atoms with Gasteiger partial charge in [0.2, 0.25) is 0 Å². The number of rotatable bonds is 2. The number of hydrogen-bond donors (Lipinski definition) is 0. The summed E-state index contributed by atoms with van der Waals surface area (Å²) in [7, 11) is 0. The first kappa shape index (κ1) is 10.6. The van der Waals surface area contributed by atoms with E-state index < -0.39 is 3.24 Å². The molecule has 0 N–H and O–H groups in total. The molecule has 0 nitrogen and oxygen atoms in total. The summed E-state index contributed by atoms with van der Waals surface area (Å²) in [6, 6.07) is 0. The Kier molecular flexibility index (Phi) is 3.24. The van der Waals surface area contributed by atoms with Gasteiger partial charge in [-0.1, -0.05) is 53.0 Å². The normalized spacial score (nSPS) is 40.4. The molecule has 0 radical (unpaired) electrons. The van der Waals surface area contributed by atoms with E-state index in [1.54, 1.807) is 0 Å². The highest BCUT2D eigenvalue weighted by Crippen LogP contribution is 2.56. The van der Waals surface area contributed by atoms with Crippen molar-refractivity contribution in [3.8, 4) is 0 Å². The first-order chi connectivity index (χ1) is 4.85. The monoisotopic (exact) mass is 322 g/mol. The number of halogens is 4. The van der Waals surface area contributed by atoms with Crippen LogP contribution in [-0.2, 0) is 0 Å². The third kappa shape index (κ3) is 2.26. The van der Waals surface area contributed by atoms with Crippen LogP contribution in [-0.4, -0.2) is 8.07 Å². The van der Waals surface area contributed by atoms with Gasteiger partial charge in [0.1, 0.15) is 0 Å². The van der Waals surface area contributed by atoms with Crippen molar-refractivity contribution in [2.45, 2.75) is 21.9 Å². The van der Waals surface area contributed by atoms with Crippen LogP contribution < -0.4 is 0 Å². The van der Waals surface area contributed by atoms with Crippen LogP contribution in [0.2, 0.25) is 0 Å². The Morgan fingerprint density at radius 1 is 1.27 bits per heavy atom. The molecule has 1 fully saturated rings. The lowest BCUT2D eigenvalue weighted by Crippen LogP contribution is -2.21. The Labute approximate surface area is 94.3 Å². The average Bonchev–Trinajstić information content (AvgIpc) is 2.38. The van der Waals surface area contributed by atoms with Crippen LogP contribution in [0.3, 0.4) is 0 Å². The van der Waals surface area contributed by atoms with Gasteiger partial charge in [-0.25, -0.2) is 0 Å². The molecule has 0 amide bonds. The van der Waals surface area contributed by atoms with Crippen molar-refractivity contribution in [1.29, 1.82) is 0 Å². The van der Waals surface area contributed by atoms with Gasteiger partial charge in [0.15, 0.2) is 3.24 Å². The van der Waals surface area contributed by atoms with Crippen molar-refractivity contribution < 1.29 is 0 Å². The second-order valence-electron chi connectivity index (χ2n) is 3.24. The highest BCUT2D eigenvalue weighted by atomic mass is 79.9. The molecule has 0 aromatic rings. The summed E-state index contributed by atoms with van der Waals surface area (Å²) < 4.78 is -0.823. The molecule has 0 aliphatic heterocycles. The summed E-state index contributed by atoms with van der Waals surface area (Å²) >= 11 is 18.5. The topological polar surface area (TPSA) is 0 Å². The van der Waals surface area contributed by atoms with Crippen LogP contribution in [0.15, 0.2) is 0 Å². The molecule has 0 heterocycles. The van der Waals surface area contributed by atoms with Gasteiger partial charge in [0.25, 0.3) is 0 Å². The third-order valence-electron chi connectivity index (χ3n) is 2.55. The maximum atomic E-state index is 5.88. The molecule has 0 aromatic carbocycles. The Morgan fingerprint density at radius 2 is 1.64 bits per heavy atom. The van der Waals surface area contributed by atoms with Crippen molar-refractivity contribution in [3.05, 3.63) is 0 Å². The van der Waals surface area contributed by atoms with Gasteiger partial charge in [0.05, 0.1) is 4.83 Å². The molecule has 66 valence electrons. The highest BCUT2D eigenvalue weighted by Gasteiger charge is 2.52. The van der Waals surface area contributed by atoms with Crippen molar-refractivity contribution in [2.24, 2.45) is 17.8 Å². The predicted octanol–water partition coefficient (Wildman–Crippen LogP) is 4.18. The van der Waals surface area contributed by atoms with Crippen LogP contribution in [0.5, 0.6) is 0 Å². The maximum absolute atomic E-state index is 5.88. The van der Waals surface area contributed by atoms with Gasteiger partial charge in [0, 0.05) is 0 Å². The van der Waals surface area contributed by atoms with Gasteiger partial charge in [-0.15, -0.1) is 0 Å². The summed E-state index contributed by atoms with van der Waals surface area (Å²) in [5.74, 6) is 2.06. The van der Waals surface area contributed by atoms with Gasteiger partial charge in [-0.2, -0.15) is 0 Å². The summed E-state index contributed by atoms with van der Waals surface area (Å²) in [6.07, 6.45) is 0. The zero-order valence-electron chi connectivity index (χ0n) is 6.32. The molecule has 0 spiro atoms. The molecule has 1 aliphatic rings. The number of hydrogen-bond acceptors (Lipinski definition) is 0. The standard InChI is InChI=1S/C7H10Br2Cl2/c1-3-4(2)5(3)6(8)7(9,10)11/h3-6H,1-2H3. The van der Waals surface area contributed by atoms with Crippen molar-refractivity contribution in [1.82, 2.24) is 0 Å². The molecule has 1 rings (SSSR count). The molecule has 0 saturated heterocycles. The van der Waals surface area contributed by atoms with Crippen LogP contribution in [0.1, 0.15) is 13.8 Å². The zero-order chi connectivity index (χ0) is 8.81. The Bertz CT molecular complexity index is 147. The Morgan fingerprint density at radius 3 is 1.73 bits per heavy atom. The molecule has 1 saturated carbocycles. The molecular formula is C7H10Br2Cl2. The maximum Gasteiger partial charge on any atom is 0.184 e. The molecule has 0 bridgehead atoms. The quantitative estimate of drug-likeness (QED) is 0.668. The Hall–Kier alpha value is 1.54. The second kappa shape index (κ2) is 3.36. The summed E-state index contributed by atoms with van der Waals surface area (Å²) in [5, 5.41) is 0. The Balaban J connectivity index is 2.51. The van der Waals surface area contributed by atoms with E-state index in [4.69, 9.17) is 23.2 Å². The van der Waals surface area contributed by atoms with E-state index in [1.807, 2.05) is 0 Å². The van der Waals surface area contributed by atoms with E-state index in [1.165, 1.54) is 0 Å². The smallest absolute Gasteiger partial charge is 0.0875 e. The number of alkyl halides is 4. The summed E-state index contributed by atoms with van der Waals surface area (Å²) in [4.78, 5) is 0.142. The SMILES string of the molecule is CC1C(C)C1C(Br)C(Cl)(Cl)Br. The second-order valence-corrected chi connectivity index (χ2v) is 7.78. The molecule has 4 heteroatoms. The molecule has 1 aliphatic carbocycles. The van der Waals surface area contributed by atoms with Gasteiger partial charge < -0.3 is 0 Å². The largest absolute Gasteiger partial charge is 0.184 e. The van der Waals surface area contributed by atoms with E-state index in [0.717, 1.165) is 11.8 Å². The lowest BCUT2D eigenvalue weighted by Gasteiger charge is -2.18. The van der Waals surface area contributed by atoms with E-state index in [2.05, 4.69) is 45.7 Å². The molecule has 3 unspecified atom stereocenters. The van der Waals surface area contributed by atoms with E-state index in [0.29, 0.717) is 5.92 Å². The lowest BCUT2D eigenvalue weighted by molar-refractivity contribution is 0.707. The van der Waals surface area contributed by atoms with Gasteiger partial charge >= 0.3 is 0 Å². The third-order valence-corrected chi connectivity index (χ3v) is 5.96. The molecule has 0 aromatic heterocycles. The minimum absolute atomic E-state index is 0.142. The van der Waals surface area contributed by atoms with Gasteiger partial charge in [-0.3, -0.25) is 0 Å². The average molecular weight is 325 g/mol. The fraction of sp³-hybridized carbons (Fsp3) is 1.00. The van der Waals surface area contributed by atoms with Crippen molar-refractivity contribution in [2.75, 3.05) is 0 Å². The van der Waals surface area contributed by atoms with Crippen LogP contribution in [0.4, 0.5) is 0 Å². The minimum Gasteiger partial charge on any atom is -0.0875 e. The van der Waals surface area contributed by atoms with E-state index in [9.17, 15) is 0 Å². The zero-order valence-corrected chi connectivity index (χ0v) is 11.0. The fourth-order valence-corrected chi connectivity index (χ4v) is 3.01. The molecule has 3 atom stereocenters. The summed E-state index contributed by atoms with van der Waals surface area (Å²) in [6.45, 7) is 4.44. The van der Waals surface area contributed by atoms with E-state index in [-0.39, 0.29) is 4.83 Å². The van der Waals surface area contributed by atoms with E-state index >= 15 is 0 Å². The highest BCUT2D eigenvalue weighted by molar-refractivity contribution is 9.13. The predicted molar refractivity (Wildman–Crippen MR) is 57.9 cm³/mol. The van der Waals surface area contributed by atoms with Crippen LogP contribution in [0.25, 0.3) is 0 Å².